The maximum absolute atomic E-state index is 13.6. The minimum atomic E-state index is -1.17. The zero-order chi connectivity index (χ0) is 13.3. The van der Waals surface area contributed by atoms with Crippen LogP contribution in [0.15, 0.2) is 40.9 Å². The van der Waals surface area contributed by atoms with Crippen LogP contribution in [0.25, 0.3) is 0 Å². The van der Waals surface area contributed by atoms with E-state index in [0.717, 1.165) is 5.56 Å². The summed E-state index contributed by atoms with van der Waals surface area (Å²) in [6, 6.07) is 8.70. The molecule has 1 unspecified atom stereocenters. The van der Waals surface area contributed by atoms with Crippen LogP contribution < -0.4 is 0 Å². The van der Waals surface area contributed by atoms with Crippen LogP contribution >= 0.6 is 15.9 Å². The van der Waals surface area contributed by atoms with Crippen LogP contribution in [0.5, 0.6) is 0 Å². The fourth-order valence-electron chi connectivity index (χ4n) is 1.73. The van der Waals surface area contributed by atoms with Crippen LogP contribution in [0.2, 0.25) is 0 Å². The van der Waals surface area contributed by atoms with Gasteiger partial charge in [0.15, 0.2) is 0 Å². The predicted octanol–water partition coefficient (Wildman–Crippen LogP) is 4.12. The molecule has 2 aromatic rings. The molecule has 0 amide bonds. The van der Waals surface area contributed by atoms with Crippen molar-refractivity contribution in [3.8, 4) is 0 Å². The second kappa shape index (κ2) is 5.16. The van der Waals surface area contributed by atoms with E-state index in [9.17, 15) is 13.9 Å². The zero-order valence-corrected chi connectivity index (χ0v) is 11.2. The lowest BCUT2D eigenvalue weighted by Crippen LogP contribution is -2.03. The van der Waals surface area contributed by atoms with Gasteiger partial charge >= 0.3 is 0 Å². The fraction of sp³-hybridized carbons (Fsp3) is 0.143. The standard InChI is InChI=1S/C14H11BrF2O/c1-8-2-5-12(16)10(6-8)14(18)9-3-4-11(15)13(17)7-9/h2-7,14,18H,1H3. The third-order valence-electron chi connectivity index (χ3n) is 2.71. The van der Waals surface area contributed by atoms with Crippen LogP contribution in [-0.4, -0.2) is 5.11 Å². The van der Waals surface area contributed by atoms with Crippen LogP contribution in [0.3, 0.4) is 0 Å². The summed E-state index contributed by atoms with van der Waals surface area (Å²) in [7, 11) is 0. The van der Waals surface area contributed by atoms with E-state index in [0.29, 0.717) is 10.0 Å². The van der Waals surface area contributed by atoms with E-state index in [1.54, 1.807) is 25.1 Å². The maximum Gasteiger partial charge on any atom is 0.137 e. The highest BCUT2D eigenvalue weighted by molar-refractivity contribution is 9.10. The molecule has 0 saturated carbocycles. The molecular formula is C14H11BrF2O. The Labute approximate surface area is 112 Å². The van der Waals surface area contributed by atoms with Gasteiger partial charge in [-0.1, -0.05) is 23.8 Å². The zero-order valence-electron chi connectivity index (χ0n) is 9.62. The molecule has 0 aliphatic heterocycles. The third kappa shape index (κ3) is 2.60. The molecule has 1 N–H and O–H groups in total. The quantitative estimate of drug-likeness (QED) is 0.884. The van der Waals surface area contributed by atoms with Crippen molar-refractivity contribution >= 4 is 15.9 Å². The number of halogens is 3. The van der Waals surface area contributed by atoms with E-state index >= 15 is 0 Å². The first-order valence-corrected chi connectivity index (χ1v) is 6.17. The van der Waals surface area contributed by atoms with E-state index in [-0.39, 0.29) is 5.56 Å². The summed E-state index contributed by atoms with van der Waals surface area (Å²) in [6.45, 7) is 1.80. The highest BCUT2D eigenvalue weighted by Crippen LogP contribution is 2.27. The van der Waals surface area contributed by atoms with Gasteiger partial charge in [0.25, 0.3) is 0 Å². The van der Waals surface area contributed by atoms with Crippen LogP contribution in [0.1, 0.15) is 22.8 Å². The Kier molecular flexibility index (Phi) is 3.78. The molecule has 1 nitrogen and oxygen atoms in total. The SMILES string of the molecule is Cc1ccc(F)c(C(O)c2ccc(Br)c(F)c2)c1. The summed E-state index contributed by atoms with van der Waals surface area (Å²) in [5, 5.41) is 10.1. The Morgan fingerprint density at radius 3 is 2.44 bits per heavy atom. The van der Waals surface area contributed by atoms with Crippen LogP contribution in [-0.2, 0) is 0 Å². The minimum Gasteiger partial charge on any atom is -0.384 e. The molecule has 0 fully saturated rings. The van der Waals surface area contributed by atoms with Gasteiger partial charge in [-0.15, -0.1) is 0 Å². The Morgan fingerprint density at radius 1 is 1.06 bits per heavy atom. The molecular weight excluding hydrogens is 302 g/mol. The van der Waals surface area contributed by atoms with Gasteiger partial charge in [0.2, 0.25) is 0 Å². The summed E-state index contributed by atoms with van der Waals surface area (Å²) in [6.07, 6.45) is -1.17. The summed E-state index contributed by atoms with van der Waals surface area (Å²) in [5.41, 5.74) is 1.31. The Hall–Kier alpha value is -1.26. The molecule has 0 aliphatic carbocycles. The van der Waals surface area contributed by atoms with Crippen molar-refractivity contribution in [2.24, 2.45) is 0 Å². The summed E-state index contributed by atoms with van der Waals surface area (Å²) in [4.78, 5) is 0. The first-order chi connectivity index (χ1) is 8.49. The number of hydrogen-bond donors (Lipinski definition) is 1. The van der Waals surface area contributed by atoms with E-state index in [1.807, 2.05) is 0 Å². The highest BCUT2D eigenvalue weighted by atomic mass is 79.9. The van der Waals surface area contributed by atoms with Gasteiger partial charge < -0.3 is 5.11 Å². The number of aryl methyl sites for hydroxylation is 1. The molecule has 0 spiro atoms. The lowest BCUT2D eigenvalue weighted by atomic mass is 9.99. The summed E-state index contributed by atoms with van der Waals surface area (Å²) in [5.74, 6) is -0.990. The van der Waals surface area contributed by atoms with Gasteiger partial charge in [0.1, 0.15) is 17.7 Å². The Bertz CT molecular complexity index is 584. The van der Waals surface area contributed by atoms with Crippen molar-refractivity contribution in [1.82, 2.24) is 0 Å². The number of benzene rings is 2. The molecule has 0 bridgehead atoms. The van der Waals surface area contributed by atoms with Gasteiger partial charge in [-0.3, -0.25) is 0 Å². The molecule has 94 valence electrons. The second-order valence-electron chi connectivity index (χ2n) is 4.10. The van der Waals surface area contributed by atoms with Crippen molar-refractivity contribution in [3.05, 3.63) is 69.2 Å². The highest BCUT2D eigenvalue weighted by Gasteiger charge is 2.16. The Balaban J connectivity index is 2.44. The molecule has 0 aromatic heterocycles. The van der Waals surface area contributed by atoms with E-state index in [2.05, 4.69) is 15.9 Å². The van der Waals surface area contributed by atoms with E-state index < -0.39 is 17.7 Å². The average Bonchev–Trinajstić information content (AvgIpc) is 2.35. The van der Waals surface area contributed by atoms with Gasteiger partial charge in [-0.05, 0) is 46.6 Å². The number of hydrogen-bond acceptors (Lipinski definition) is 1. The van der Waals surface area contributed by atoms with Crippen molar-refractivity contribution in [2.75, 3.05) is 0 Å². The lowest BCUT2D eigenvalue weighted by molar-refractivity contribution is 0.214. The maximum atomic E-state index is 13.6. The molecule has 1 atom stereocenters. The number of rotatable bonds is 2. The lowest BCUT2D eigenvalue weighted by Gasteiger charge is -2.13. The van der Waals surface area contributed by atoms with Gasteiger partial charge in [-0.2, -0.15) is 0 Å². The normalized spacial score (nSPS) is 12.5. The summed E-state index contributed by atoms with van der Waals surface area (Å²) >= 11 is 3.03. The van der Waals surface area contributed by atoms with Crippen molar-refractivity contribution in [2.45, 2.75) is 13.0 Å². The first-order valence-electron chi connectivity index (χ1n) is 5.38. The van der Waals surface area contributed by atoms with Crippen molar-refractivity contribution in [1.29, 1.82) is 0 Å². The Morgan fingerprint density at radius 2 is 1.78 bits per heavy atom. The topological polar surface area (TPSA) is 20.2 Å². The average molecular weight is 313 g/mol. The molecule has 0 heterocycles. The molecule has 0 saturated heterocycles. The van der Waals surface area contributed by atoms with Gasteiger partial charge in [-0.25, -0.2) is 8.78 Å². The van der Waals surface area contributed by atoms with Crippen LogP contribution in [0.4, 0.5) is 8.78 Å². The molecule has 4 heteroatoms. The molecule has 2 aromatic carbocycles. The second-order valence-corrected chi connectivity index (χ2v) is 4.96. The van der Waals surface area contributed by atoms with Crippen LogP contribution in [0, 0.1) is 18.6 Å². The monoisotopic (exact) mass is 312 g/mol. The van der Waals surface area contributed by atoms with E-state index in [1.165, 1.54) is 18.2 Å². The smallest absolute Gasteiger partial charge is 0.137 e. The van der Waals surface area contributed by atoms with Gasteiger partial charge in [0.05, 0.1) is 4.47 Å². The van der Waals surface area contributed by atoms with Crippen molar-refractivity contribution in [3.63, 3.8) is 0 Å². The summed E-state index contributed by atoms with van der Waals surface area (Å²) < 4.78 is 27.3. The van der Waals surface area contributed by atoms with Crippen molar-refractivity contribution < 1.29 is 13.9 Å². The van der Waals surface area contributed by atoms with E-state index in [4.69, 9.17) is 0 Å². The minimum absolute atomic E-state index is 0.150. The largest absolute Gasteiger partial charge is 0.384 e. The third-order valence-corrected chi connectivity index (χ3v) is 3.35. The number of aliphatic hydroxyl groups excluding tert-OH is 1. The molecule has 18 heavy (non-hydrogen) atoms. The number of aliphatic hydroxyl groups is 1. The molecule has 0 aliphatic rings. The van der Waals surface area contributed by atoms with Gasteiger partial charge in [0, 0.05) is 5.56 Å². The molecule has 0 radical (unpaired) electrons. The fourth-order valence-corrected chi connectivity index (χ4v) is 1.98. The first kappa shape index (κ1) is 13.2. The predicted molar refractivity (Wildman–Crippen MR) is 69.3 cm³/mol. The molecule has 2 rings (SSSR count).